The van der Waals surface area contributed by atoms with Gasteiger partial charge in [0.05, 0.1) is 11.2 Å². The fourth-order valence-corrected chi connectivity index (χ4v) is 3.63. The first kappa shape index (κ1) is 16.1. The molecule has 0 bridgehead atoms. The van der Waals surface area contributed by atoms with Crippen molar-refractivity contribution >= 4 is 29.5 Å². The standard InChI is InChI=1S/C15H22N6OS/c1-10-8-12(23-20(10)2)19-15-13(14(16)22)17-9-11(18-15)21-6-4-3-5-7-21/h8-10H,3-7H2,1-2H3,(H2,16,22)(H,18,19). The highest BCUT2D eigenvalue weighted by Crippen LogP contribution is 2.31. The van der Waals surface area contributed by atoms with E-state index in [2.05, 4.69) is 37.5 Å². The molecule has 0 aromatic carbocycles. The van der Waals surface area contributed by atoms with Crippen molar-refractivity contribution in [1.29, 1.82) is 0 Å². The lowest BCUT2D eigenvalue weighted by atomic mass is 10.1. The first-order valence-corrected chi connectivity index (χ1v) is 8.63. The van der Waals surface area contributed by atoms with Gasteiger partial charge in [-0.2, -0.15) is 0 Å². The summed E-state index contributed by atoms with van der Waals surface area (Å²) in [5, 5.41) is 4.15. The quantitative estimate of drug-likeness (QED) is 0.812. The van der Waals surface area contributed by atoms with Crippen molar-refractivity contribution in [3.05, 3.63) is 23.0 Å². The van der Waals surface area contributed by atoms with Gasteiger partial charge in [0.2, 0.25) is 0 Å². The molecule has 0 spiro atoms. The lowest BCUT2D eigenvalue weighted by Crippen LogP contribution is -2.31. The van der Waals surface area contributed by atoms with E-state index < -0.39 is 5.91 Å². The van der Waals surface area contributed by atoms with Gasteiger partial charge in [-0.05, 0) is 51.3 Å². The van der Waals surface area contributed by atoms with Crippen LogP contribution < -0.4 is 16.0 Å². The Bertz CT molecular complexity index is 628. The Morgan fingerprint density at radius 3 is 2.74 bits per heavy atom. The first-order valence-electron chi connectivity index (χ1n) is 7.86. The molecule has 23 heavy (non-hydrogen) atoms. The normalized spacial score (nSPS) is 22.1. The number of anilines is 2. The largest absolute Gasteiger partial charge is 0.364 e. The number of likely N-dealkylation sites (N-methyl/N-ethyl adjacent to an activating group) is 1. The molecule has 1 amide bonds. The molecule has 7 nitrogen and oxygen atoms in total. The van der Waals surface area contributed by atoms with Crippen LogP contribution in [0.15, 0.2) is 17.3 Å². The zero-order chi connectivity index (χ0) is 16.4. The SMILES string of the molecule is CC1C=C(Nc2nc(N3CCCCC3)cnc2C(N)=O)SN1C. The Labute approximate surface area is 140 Å². The second kappa shape index (κ2) is 6.76. The summed E-state index contributed by atoms with van der Waals surface area (Å²) in [4.78, 5) is 22.7. The van der Waals surface area contributed by atoms with Crippen molar-refractivity contribution < 1.29 is 4.79 Å². The third kappa shape index (κ3) is 3.59. The average Bonchev–Trinajstić information content (AvgIpc) is 2.85. The first-order chi connectivity index (χ1) is 11.0. The molecule has 124 valence electrons. The molecule has 2 aliphatic heterocycles. The predicted octanol–water partition coefficient (Wildman–Crippen LogP) is 1.80. The van der Waals surface area contributed by atoms with Crippen molar-refractivity contribution in [2.75, 3.05) is 30.4 Å². The highest BCUT2D eigenvalue weighted by molar-refractivity contribution is 8.01. The number of nitrogens with zero attached hydrogens (tertiary/aromatic N) is 4. The average molecular weight is 334 g/mol. The Hall–Kier alpha value is -1.80. The molecule has 0 radical (unpaired) electrons. The van der Waals surface area contributed by atoms with E-state index in [1.165, 1.54) is 6.42 Å². The van der Waals surface area contributed by atoms with Gasteiger partial charge >= 0.3 is 0 Å². The zero-order valence-electron chi connectivity index (χ0n) is 13.5. The summed E-state index contributed by atoms with van der Waals surface area (Å²) in [6, 6.07) is 0.317. The Morgan fingerprint density at radius 1 is 1.39 bits per heavy atom. The van der Waals surface area contributed by atoms with Crippen molar-refractivity contribution in [2.45, 2.75) is 32.2 Å². The zero-order valence-corrected chi connectivity index (χ0v) is 14.3. The molecule has 1 aromatic rings. The van der Waals surface area contributed by atoms with Crippen LogP contribution in [0.2, 0.25) is 0 Å². The summed E-state index contributed by atoms with van der Waals surface area (Å²) in [5.41, 5.74) is 5.62. The second-order valence-electron chi connectivity index (χ2n) is 5.87. The van der Waals surface area contributed by atoms with Crippen molar-refractivity contribution in [3.8, 4) is 0 Å². The highest BCUT2D eigenvalue weighted by atomic mass is 32.2. The molecule has 3 N–H and O–H groups in total. The minimum Gasteiger partial charge on any atom is -0.364 e. The number of aromatic nitrogens is 2. The number of carbonyl (C=O) groups excluding carboxylic acids is 1. The number of hydrogen-bond acceptors (Lipinski definition) is 7. The van der Waals surface area contributed by atoms with E-state index in [0.717, 1.165) is 36.8 Å². The number of amides is 1. The van der Waals surface area contributed by atoms with Gasteiger partial charge in [-0.3, -0.25) is 4.79 Å². The second-order valence-corrected chi connectivity index (χ2v) is 7.07. The topological polar surface area (TPSA) is 87.4 Å². The van der Waals surface area contributed by atoms with E-state index in [4.69, 9.17) is 5.73 Å². The van der Waals surface area contributed by atoms with Crippen LogP contribution in [0, 0.1) is 0 Å². The van der Waals surface area contributed by atoms with Gasteiger partial charge in [-0.15, -0.1) is 0 Å². The fourth-order valence-electron chi connectivity index (χ4n) is 2.70. The summed E-state index contributed by atoms with van der Waals surface area (Å²) in [5.74, 6) is 0.652. The van der Waals surface area contributed by atoms with Crippen LogP contribution in [0.25, 0.3) is 0 Å². The minimum atomic E-state index is -0.574. The van der Waals surface area contributed by atoms with Crippen molar-refractivity contribution in [3.63, 3.8) is 0 Å². The molecule has 8 heteroatoms. The lowest BCUT2D eigenvalue weighted by Gasteiger charge is -2.27. The summed E-state index contributed by atoms with van der Waals surface area (Å²) in [7, 11) is 2.02. The summed E-state index contributed by atoms with van der Waals surface area (Å²) in [6.07, 6.45) is 7.30. The molecule has 1 saturated heterocycles. The lowest BCUT2D eigenvalue weighted by molar-refractivity contribution is 0.0996. The minimum absolute atomic E-state index is 0.175. The number of carbonyl (C=O) groups is 1. The van der Waals surface area contributed by atoms with Crippen molar-refractivity contribution in [1.82, 2.24) is 14.3 Å². The summed E-state index contributed by atoms with van der Waals surface area (Å²) in [6.45, 7) is 4.05. The van der Waals surface area contributed by atoms with Gasteiger partial charge in [0, 0.05) is 19.1 Å². The maximum absolute atomic E-state index is 11.6. The van der Waals surface area contributed by atoms with Crippen molar-refractivity contribution in [2.24, 2.45) is 5.73 Å². The van der Waals surface area contributed by atoms with Crippen LogP contribution in [0.1, 0.15) is 36.7 Å². The number of primary amides is 1. The number of piperidine rings is 1. The molecular weight excluding hydrogens is 312 g/mol. The molecule has 1 fully saturated rings. The number of hydrogen-bond donors (Lipinski definition) is 2. The summed E-state index contributed by atoms with van der Waals surface area (Å²) < 4.78 is 2.12. The van der Waals surface area contributed by atoms with E-state index >= 15 is 0 Å². The molecular formula is C15H22N6OS. The van der Waals surface area contributed by atoms with Gasteiger partial charge < -0.3 is 16.0 Å². The van der Waals surface area contributed by atoms with Gasteiger partial charge in [0.15, 0.2) is 11.5 Å². The summed E-state index contributed by atoms with van der Waals surface area (Å²) >= 11 is 1.58. The monoisotopic (exact) mass is 334 g/mol. The maximum atomic E-state index is 11.6. The molecule has 3 rings (SSSR count). The number of nitrogens with one attached hydrogen (secondary N) is 1. The van der Waals surface area contributed by atoms with E-state index in [0.29, 0.717) is 11.9 Å². The third-order valence-electron chi connectivity index (χ3n) is 4.12. The Morgan fingerprint density at radius 2 is 2.13 bits per heavy atom. The van der Waals surface area contributed by atoms with Crippen LogP contribution >= 0.6 is 11.9 Å². The van der Waals surface area contributed by atoms with Crippen LogP contribution in [-0.2, 0) is 0 Å². The number of rotatable bonds is 4. The Balaban J connectivity index is 1.86. The smallest absolute Gasteiger partial charge is 0.271 e. The van der Waals surface area contributed by atoms with E-state index in [1.54, 1.807) is 18.1 Å². The van der Waals surface area contributed by atoms with Crippen LogP contribution in [0.5, 0.6) is 0 Å². The highest BCUT2D eigenvalue weighted by Gasteiger charge is 2.22. The maximum Gasteiger partial charge on any atom is 0.271 e. The van der Waals surface area contributed by atoms with E-state index in [1.807, 2.05) is 7.05 Å². The number of nitrogens with two attached hydrogens (primary N) is 1. The van der Waals surface area contributed by atoms with Gasteiger partial charge in [0.1, 0.15) is 5.82 Å². The molecule has 0 aliphatic carbocycles. The Kier molecular flexibility index (Phi) is 4.72. The van der Waals surface area contributed by atoms with E-state index in [-0.39, 0.29) is 5.69 Å². The molecule has 1 atom stereocenters. The molecule has 0 saturated carbocycles. The van der Waals surface area contributed by atoms with Crippen LogP contribution in [-0.4, -0.2) is 46.4 Å². The predicted molar refractivity (Wildman–Crippen MR) is 93.1 cm³/mol. The van der Waals surface area contributed by atoms with Crippen LogP contribution in [0.4, 0.5) is 11.6 Å². The van der Waals surface area contributed by atoms with Crippen LogP contribution in [0.3, 0.4) is 0 Å². The molecule has 1 aromatic heterocycles. The molecule has 3 heterocycles. The van der Waals surface area contributed by atoms with E-state index in [9.17, 15) is 4.79 Å². The molecule has 1 unspecified atom stereocenters. The fraction of sp³-hybridized carbons (Fsp3) is 0.533. The van der Waals surface area contributed by atoms with Gasteiger partial charge in [-0.25, -0.2) is 14.3 Å². The van der Waals surface area contributed by atoms with Gasteiger partial charge in [0.25, 0.3) is 5.91 Å². The third-order valence-corrected chi connectivity index (χ3v) is 5.18. The van der Waals surface area contributed by atoms with Gasteiger partial charge in [-0.1, -0.05) is 0 Å². The molecule has 2 aliphatic rings.